The van der Waals surface area contributed by atoms with E-state index in [0.29, 0.717) is 36.7 Å². The van der Waals surface area contributed by atoms with E-state index in [1.165, 1.54) is 18.3 Å². The van der Waals surface area contributed by atoms with Crippen molar-refractivity contribution in [2.24, 2.45) is 5.73 Å². The SMILES string of the molecule is COCCN(CCC(N)=S)C(=O)c1ccc(=O)[nH]c1. The van der Waals surface area contributed by atoms with Crippen molar-refractivity contribution in [3.8, 4) is 0 Å². The molecule has 0 bridgehead atoms. The summed E-state index contributed by atoms with van der Waals surface area (Å²) < 4.78 is 4.97. The molecule has 0 aliphatic heterocycles. The second kappa shape index (κ2) is 7.65. The number of thiocarbonyl (C=S) groups is 1. The molecule has 6 nitrogen and oxygen atoms in total. The fourth-order valence-electron chi connectivity index (χ4n) is 1.49. The van der Waals surface area contributed by atoms with Crippen LogP contribution in [-0.4, -0.2) is 47.6 Å². The lowest BCUT2D eigenvalue weighted by molar-refractivity contribution is 0.0701. The van der Waals surface area contributed by atoms with Crippen molar-refractivity contribution in [3.05, 3.63) is 34.2 Å². The predicted octanol–water partition coefficient (Wildman–Crippen LogP) is 0.140. The first-order chi connectivity index (χ1) is 9.04. The van der Waals surface area contributed by atoms with Crippen molar-refractivity contribution in [2.45, 2.75) is 6.42 Å². The third kappa shape index (κ3) is 5.19. The predicted molar refractivity (Wildman–Crippen MR) is 76.2 cm³/mol. The Balaban J connectivity index is 2.77. The van der Waals surface area contributed by atoms with Crippen LogP contribution >= 0.6 is 12.2 Å². The first-order valence-electron chi connectivity index (χ1n) is 5.80. The number of methoxy groups -OCH3 is 1. The van der Waals surface area contributed by atoms with Crippen LogP contribution < -0.4 is 11.3 Å². The number of carbonyl (C=O) groups is 1. The zero-order valence-corrected chi connectivity index (χ0v) is 11.5. The van der Waals surface area contributed by atoms with Crippen molar-refractivity contribution >= 4 is 23.1 Å². The van der Waals surface area contributed by atoms with Crippen molar-refractivity contribution in [2.75, 3.05) is 26.8 Å². The van der Waals surface area contributed by atoms with Crippen molar-refractivity contribution in [1.82, 2.24) is 9.88 Å². The van der Waals surface area contributed by atoms with Gasteiger partial charge in [-0.1, -0.05) is 12.2 Å². The molecule has 0 radical (unpaired) electrons. The van der Waals surface area contributed by atoms with Crippen LogP contribution in [0.4, 0.5) is 0 Å². The van der Waals surface area contributed by atoms with Crippen LogP contribution in [0.25, 0.3) is 0 Å². The van der Waals surface area contributed by atoms with Crippen LogP contribution in [0.2, 0.25) is 0 Å². The zero-order chi connectivity index (χ0) is 14.3. The van der Waals surface area contributed by atoms with Gasteiger partial charge in [-0.2, -0.15) is 0 Å². The first-order valence-corrected chi connectivity index (χ1v) is 6.20. The van der Waals surface area contributed by atoms with Gasteiger partial charge in [0.1, 0.15) is 0 Å². The molecule has 7 heteroatoms. The van der Waals surface area contributed by atoms with Crippen LogP contribution in [0, 0.1) is 0 Å². The summed E-state index contributed by atoms with van der Waals surface area (Å²) in [5.74, 6) is -0.190. The van der Waals surface area contributed by atoms with Crippen LogP contribution in [-0.2, 0) is 4.74 Å². The van der Waals surface area contributed by atoms with E-state index in [4.69, 9.17) is 22.7 Å². The number of hydrogen-bond donors (Lipinski definition) is 2. The van der Waals surface area contributed by atoms with Gasteiger partial charge in [0, 0.05) is 38.9 Å². The molecule has 0 spiro atoms. The average Bonchev–Trinajstić information content (AvgIpc) is 2.39. The maximum atomic E-state index is 12.2. The Kier molecular flexibility index (Phi) is 6.17. The second-order valence-electron chi connectivity index (χ2n) is 3.94. The number of nitrogens with zero attached hydrogens (tertiary/aromatic N) is 1. The molecular formula is C12H17N3O3S. The molecule has 0 aliphatic rings. The second-order valence-corrected chi connectivity index (χ2v) is 4.47. The van der Waals surface area contributed by atoms with Crippen molar-refractivity contribution < 1.29 is 9.53 Å². The van der Waals surface area contributed by atoms with Gasteiger partial charge >= 0.3 is 0 Å². The Hall–Kier alpha value is -1.73. The Labute approximate surface area is 116 Å². The maximum absolute atomic E-state index is 12.2. The topological polar surface area (TPSA) is 88.4 Å². The Bertz CT molecular complexity index is 481. The van der Waals surface area contributed by atoms with Gasteiger partial charge in [0.15, 0.2) is 0 Å². The van der Waals surface area contributed by atoms with E-state index in [0.717, 1.165) is 0 Å². The Morgan fingerprint density at radius 3 is 2.74 bits per heavy atom. The number of carbonyl (C=O) groups excluding carboxylic acids is 1. The van der Waals surface area contributed by atoms with Crippen molar-refractivity contribution in [3.63, 3.8) is 0 Å². The summed E-state index contributed by atoms with van der Waals surface area (Å²) in [5.41, 5.74) is 5.61. The minimum Gasteiger partial charge on any atom is -0.393 e. The third-order valence-corrected chi connectivity index (χ3v) is 2.72. The monoisotopic (exact) mass is 283 g/mol. The number of aromatic nitrogens is 1. The number of nitrogens with one attached hydrogen (secondary N) is 1. The molecule has 1 aromatic rings. The number of nitrogens with two attached hydrogens (primary N) is 1. The number of hydrogen-bond acceptors (Lipinski definition) is 4. The molecule has 0 aromatic carbocycles. The molecule has 1 amide bonds. The Morgan fingerprint density at radius 2 is 2.21 bits per heavy atom. The number of aromatic amines is 1. The number of H-pyrrole nitrogens is 1. The lowest BCUT2D eigenvalue weighted by Crippen LogP contribution is -2.36. The van der Waals surface area contributed by atoms with Crippen LogP contribution in [0.15, 0.2) is 23.1 Å². The summed E-state index contributed by atoms with van der Waals surface area (Å²) in [5, 5.41) is 0. The summed E-state index contributed by atoms with van der Waals surface area (Å²) in [4.78, 5) is 27.6. The molecule has 1 heterocycles. The zero-order valence-electron chi connectivity index (χ0n) is 10.7. The van der Waals surface area contributed by atoms with Crippen LogP contribution in [0.5, 0.6) is 0 Å². The van der Waals surface area contributed by atoms with Gasteiger partial charge < -0.3 is 20.4 Å². The molecular weight excluding hydrogens is 266 g/mol. The molecule has 0 atom stereocenters. The van der Waals surface area contributed by atoms with Crippen molar-refractivity contribution in [1.29, 1.82) is 0 Å². The van der Waals surface area contributed by atoms with E-state index in [1.54, 1.807) is 12.0 Å². The Morgan fingerprint density at radius 1 is 1.47 bits per heavy atom. The molecule has 0 aliphatic carbocycles. The van der Waals surface area contributed by atoms with Gasteiger partial charge in [0.25, 0.3) is 5.91 Å². The lowest BCUT2D eigenvalue weighted by atomic mass is 10.2. The molecule has 19 heavy (non-hydrogen) atoms. The van der Waals surface area contributed by atoms with Gasteiger partial charge in [0.2, 0.25) is 5.56 Å². The van der Waals surface area contributed by atoms with Gasteiger partial charge in [-0.15, -0.1) is 0 Å². The summed E-state index contributed by atoms with van der Waals surface area (Å²) >= 11 is 4.81. The number of amides is 1. The molecule has 0 saturated carbocycles. The minimum atomic E-state index is -0.247. The lowest BCUT2D eigenvalue weighted by Gasteiger charge is -2.22. The summed E-state index contributed by atoms with van der Waals surface area (Å²) in [7, 11) is 1.57. The highest BCUT2D eigenvalue weighted by molar-refractivity contribution is 7.80. The highest BCUT2D eigenvalue weighted by atomic mass is 32.1. The third-order valence-electron chi connectivity index (χ3n) is 2.51. The summed E-state index contributed by atoms with van der Waals surface area (Å²) in [6.07, 6.45) is 1.85. The number of rotatable bonds is 7. The first kappa shape index (κ1) is 15.3. The van der Waals surface area contributed by atoms with Gasteiger partial charge in [-0.05, 0) is 6.07 Å². The quantitative estimate of drug-likeness (QED) is 0.695. The normalized spacial score (nSPS) is 10.2. The maximum Gasteiger partial charge on any atom is 0.255 e. The van der Waals surface area contributed by atoms with E-state index in [9.17, 15) is 9.59 Å². The molecule has 0 saturated heterocycles. The smallest absolute Gasteiger partial charge is 0.255 e. The molecule has 104 valence electrons. The fraction of sp³-hybridized carbons (Fsp3) is 0.417. The molecule has 0 unspecified atom stereocenters. The minimum absolute atomic E-state index is 0.190. The van der Waals surface area contributed by atoms with Crippen LogP contribution in [0.3, 0.4) is 0 Å². The number of pyridine rings is 1. The van der Waals surface area contributed by atoms with E-state index in [2.05, 4.69) is 4.98 Å². The van der Waals surface area contributed by atoms with E-state index < -0.39 is 0 Å². The van der Waals surface area contributed by atoms with E-state index in [-0.39, 0.29) is 11.5 Å². The highest BCUT2D eigenvalue weighted by Crippen LogP contribution is 2.03. The average molecular weight is 283 g/mol. The molecule has 1 aromatic heterocycles. The van der Waals surface area contributed by atoms with E-state index >= 15 is 0 Å². The largest absolute Gasteiger partial charge is 0.393 e. The van der Waals surface area contributed by atoms with Gasteiger partial charge in [-0.25, -0.2) is 0 Å². The fourth-order valence-corrected chi connectivity index (χ4v) is 1.58. The standard InChI is InChI=1S/C12H17N3O3S/c1-18-7-6-15(5-4-10(13)19)12(17)9-2-3-11(16)14-8-9/h2-3,8H,4-7H2,1H3,(H2,13,19)(H,14,16). The molecule has 0 fully saturated rings. The summed E-state index contributed by atoms with van der Waals surface area (Å²) in [6, 6.07) is 2.80. The summed E-state index contributed by atoms with van der Waals surface area (Å²) in [6.45, 7) is 1.29. The van der Waals surface area contributed by atoms with Gasteiger partial charge in [0.05, 0.1) is 17.2 Å². The number of ether oxygens (including phenoxy) is 1. The van der Waals surface area contributed by atoms with E-state index in [1.807, 2.05) is 0 Å². The van der Waals surface area contributed by atoms with Gasteiger partial charge in [-0.3, -0.25) is 9.59 Å². The van der Waals surface area contributed by atoms with Crippen LogP contribution in [0.1, 0.15) is 16.8 Å². The molecule has 3 N–H and O–H groups in total. The highest BCUT2D eigenvalue weighted by Gasteiger charge is 2.15. The molecule has 1 rings (SSSR count).